The summed E-state index contributed by atoms with van der Waals surface area (Å²) in [7, 11) is -6.96. The van der Waals surface area contributed by atoms with Gasteiger partial charge in [-0.2, -0.15) is 0 Å². The summed E-state index contributed by atoms with van der Waals surface area (Å²) in [4.78, 5) is 0.189. The highest BCUT2D eigenvalue weighted by Crippen LogP contribution is 2.36. The van der Waals surface area contributed by atoms with Crippen LogP contribution in [0.5, 0.6) is 0 Å². The van der Waals surface area contributed by atoms with Crippen molar-refractivity contribution in [3.8, 4) is 0 Å². The lowest BCUT2D eigenvalue weighted by molar-refractivity contribution is 0.490. The van der Waals surface area contributed by atoms with Crippen LogP contribution < -0.4 is 0 Å². The standard InChI is InChI=1S/C14H21BrO4S2/c1-9(2)14(10(3)15)12-7-6-11(20(4,16)17)8-13(12)21(5,18)19/h6-10,14H,1-5H3. The average molecular weight is 397 g/mol. The van der Waals surface area contributed by atoms with E-state index in [9.17, 15) is 16.8 Å². The van der Waals surface area contributed by atoms with Crippen LogP contribution in [-0.2, 0) is 19.7 Å². The minimum atomic E-state index is -3.51. The fourth-order valence-electron chi connectivity index (χ4n) is 2.48. The first kappa shape index (κ1) is 18.6. The molecule has 21 heavy (non-hydrogen) atoms. The van der Waals surface area contributed by atoms with Crippen molar-refractivity contribution in [1.82, 2.24) is 0 Å². The minimum Gasteiger partial charge on any atom is -0.224 e. The highest BCUT2D eigenvalue weighted by molar-refractivity contribution is 9.09. The maximum Gasteiger partial charge on any atom is 0.175 e. The van der Waals surface area contributed by atoms with Crippen molar-refractivity contribution in [1.29, 1.82) is 0 Å². The van der Waals surface area contributed by atoms with Crippen LogP contribution in [0.3, 0.4) is 0 Å². The van der Waals surface area contributed by atoms with Crippen molar-refractivity contribution in [2.24, 2.45) is 5.92 Å². The first-order valence-electron chi connectivity index (χ1n) is 6.54. The van der Waals surface area contributed by atoms with Crippen LogP contribution in [0.4, 0.5) is 0 Å². The summed E-state index contributed by atoms with van der Waals surface area (Å²) in [6.45, 7) is 5.99. The van der Waals surface area contributed by atoms with E-state index in [2.05, 4.69) is 15.9 Å². The topological polar surface area (TPSA) is 68.3 Å². The van der Waals surface area contributed by atoms with E-state index >= 15 is 0 Å². The summed E-state index contributed by atoms with van der Waals surface area (Å²) in [5.74, 6) is 0.187. The summed E-state index contributed by atoms with van der Waals surface area (Å²) in [5, 5.41) is 0. The highest BCUT2D eigenvalue weighted by Gasteiger charge is 2.27. The van der Waals surface area contributed by atoms with Gasteiger partial charge in [-0.1, -0.05) is 42.8 Å². The molecule has 4 nitrogen and oxygen atoms in total. The van der Waals surface area contributed by atoms with E-state index in [-0.39, 0.29) is 26.5 Å². The molecule has 0 N–H and O–H groups in total. The molecule has 0 spiro atoms. The van der Waals surface area contributed by atoms with Gasteiger partial charge in [0.15, 0.2) is 19.7 Å². The number of alkyl halides is 1. The maximum atomic E-state index is 12.1. The molecule has 1 aromatic rings. The second-order valence-electron chi connectivity index (χ2n) is 5.69. The van der Waals surface area contributed by atoms with E-state index in [4.69, 9.17) is 0 Å². The Hall–Kier alpha value is -0.400. The monoisotopic (exact) mass is 396 g/mol. The molecule has 2 unspecified atom stereocenters. The van der Waals surface area contributed by atoms with Gasteiger partial charge < -0.3 is 0 Å². The van der Waals surface area contributed by atoms with Gasteiger partial charge in [-0.25, -0.2) is 16.8 Å². The molecule has 120 valence electrons. The number of sulfone groups is 2. The van der Waals surface area contributed by atoms with E-state index in [0.717, 1.165) is 12.5 Å². The normalized spacial score (nSPS) is 16.0. The van der Waals surface area contributed by atoms with Crippen LogP contribution >= 0.6 is 15.9 Å². The van der Waals surface area contributed by atoms with E-state index in [1.54, 1.807) is 6.07 Å². The Morgan fingerprint density at radius 2 is 1.48 bits per heavy atom. The van der Waals surface area contributed by atoms with E-state index < -0.39 is 19.7 Å². The highest BCUT2D eigenvalue weighted by atomic mass is 79.9. The Kier molecular flexibility index (Phi) is 5.67. The first-order chi connectivity index (χ1) is 9.35. The Bertz CT molecular complexity index is 711. The molecule has 0 aliphatic carbocycles. The average Bonchev–Trinajstić information content (AvgIpc) is 2.25. The molecule has 0 aliphatic rings. The molecule has 0 amide bonds. The van der Waals surface area contributed by atoms with Crippen molar-refractivity contribution in [3.63, 3.8) is 0 Å². The third-order valence-corrected chi connectivity index (χ3v) is 6.22. The predicted octanol–water partition coefficient (Wildman–Crippen LogP) is 3.02. The quantitative estimate of drug-likeness (QED) is 0.717. The molecule has 1 aromatic carbocycles. The zero-order valence-corrected chi connectivity index (χ0v) is 16.0. The van der Waals surface area contributed by atoms with Crippen LogP contribution in [0.15, 0.2) is 28.0 Å². The van der Waals surface area contributed by atoms with E-state index in [1.165, 1.54) is 12.1 Å². The molecule has 0 aliphatic heterocycles. The van der Waals surface area contributed by atoms with Crippen molar-refractivity contribution in [2.75, 3.05) is 12.5 Å². The summed E-state index contributed by atoms with van der Waals surface area (Å²) < 4.78 is 47.5. The smallest absolute Gasteiger partial charge is 0.175 e. The lowest BCUT2D eigenvalue weighted by Crippen LogP contribution is -2.19. The first-order valence-corrected chi connectivity index (χ1v) is 11.2. The fourth-order valence-corrected chi connectivity index (χ4v) is 5.07. The van der Waals surface area contributed by atoms with E-state index in [0.29, 0.717) is 5.56 Å². The molecule has 0 aromatic heterocycles. The Morgan fingerprint density at radius 1 is 0.952 bits per heavy atom. The molecule has 0 heterocycles. The summed E-state index contributed by atoms with van der Waals surface area (Å²) in [6, 6.07) is 4.37. The van der Waals surface area contributed by atoms with Gasteiger partial charge in [0.1, 0.15) is 0 Å². The zero-order valence-electron chi connectivity index (χ0n) is 12.8. The molecule has 0 saturated heterocycles. The third kappa shape index (κ3) is 4.53. The molecular formula is C14H21BrO4S2. The molecule has 0 fully saturated rings. The van der Waals surface area contributed by atoms with Gasteiger partial charge in [0.05, 0.1) is 9.79 Å². The number of benzene rings is 1. The summed E-state index contributed by atoms with van der Waals surface area (Å²) in [6.07, 6.45) is 2.18. The van der Waals surface area contributed by atoms with Gasteiger partial charge in [-0.3, -0.25) is 0 Å². The SMILES string of the molecule is CC(C)C(c1ccc(S(C)(=O)=O)cc1S(C)(=O)=O)C(C)Br. The van der Waals surface area contributed by atoms with Crippen LogP contribution in [0.25, 0.3) is 0 Å². The van der Waals surface area contributed by atoms with Gasteiger partial charge in [-0.05, 0) is 29.5 Å². The minimum absolute atomic E-state index is 0.0245. The number of hydrogen-bond acceptors (Lipinski definition) is 4. The Morgan fingerprint density at radius 3 is 1.81 bits per heavy atom. The van der Waals surface area contributed by atoms with E-state index in [1.807, 2.05) is 20.8 Å². The number of halogens is 1. The van der Waals surface area contributed by atoms with Crippen LogP contribution in [0.2, 0.25) is 0 Å². The summed E-state index contributed by atoms with van der Waals surface area (Å²) in [5.41, 5.74) is 0.657. The summed E-state index contributed by atoms with van der Waals surface area (Å²) >= 11 is 3.52. The third-order valence-electron chi connectivity index (χ3n) is 3.38. The van der Waals surface area contributed by atoms with Crippen LogP contribution in [0.1, 0.15) is 32.3 Å². The molecule has 2 atom stereocenters. The van der Waals surface area contributed by atoms with Gasteiger partial charge in [0, 0.05) is 17.3 Å². The Labute approximate surface area is 135 Å². The second kappa shape index (κ2) is 6.38. The van der Waals surface area contributed by atoms with Gasteiger partial charge in [0.25, 0.3) is 0 Å². The van der Waals surface area contributed by atoms with Crippen molar-refractivity contribution in [2.45, 2.75) is 41.3 Å². The number of hydrogen-bond donors (Lipinski definition) is 0. The van der Waals surface area contributed by atoms with Crippen LogP contribution in [0, 0.1) is 5.92 Å². The van der Waals surface area contributed by atoms with Gasteiger partial charge in [0.2, 0.25) is 0 Å². The number of rotatable bonds is 5. The lowest BCUT2D eigenvalue weighted by Gasteiger charge is -2.26. The molecule has 0 bridgehead atoms. The van der Waals surface area contributed by atoms with Gasteiger partial charge in [-0.15, -0.1) is 0 Å². The zero-order chi connectivity index (χ0) is 16.6. The second-order valence-corrected chi connectivity index (χ2v) is 11.1. The lowest BCUT2D eigenvalue weighted by atomic mass is 9.86. The molecule has 7 heteroatoms. The molecule has 0 saturated carbocycles. The van der Waals surface area contributed by atoms with Crippen LogP contribution in [-0.4, -0.2) is 34.2 Å². The molecular weight excluding hydrogens is 376 g/mol. The fraction of sp³-hybridized carbons (Fsp3) is 0.571. The predicted molar refractivity (Wildman–Crippen MR) is 88.6 cm³/mol. The van der Waals surface area contributed by atoms with Crippen molar-refractivity contribution in [3.05, 3.63) is 23.8 Å². The van der Waals surface area contributed by atoms with Crippen molar-refractivity contribution >= 4 is 35.6 Å². The molecule has 0 radical (unpaired) electrons. The van der Waals surface area contributed by atoms with Crippen molar-refractivity contribution < 1.29 is 16.8 Å². The maximum absolute atomic E-state index is 12.1. The molecule has 1 rings (SSSR count). The van der Waals surface area contributed by atoms with Gasteiger partial charge >= 0.3 is 0 Å². The largest absolute Gasteiger partial charge is 0.224 e. The Balaban J connectivity index is 3.68.